The quantitative estimate of drug-likeness (QED) is 0.421. The molecule has 5 nitrogen and oxygen atoms in total. The fourth-order valence-electron chi connectivity index (χ4n) is 3.90. The van der Waals surface area contributed by atoms with E-state index in [2.05, 4.69) is 10.3 Å². The van der Waals surface area contributed by atoms with Gasteiger partial charge in [0, 0.05) is 17.6 Å². The van der Waals surface area contributed by atoms with Gasteiger partial charge in [0.1, 0.15) is 22.1 Å². The molecule has 0 saturated carbocycles. The summed E-state index contributed by atoms with van der Waals surface area (Å²) in [6.45, 7) is 0.613. The Morgan fingerprint density at radius 3 is 2.83 bits per heavy atom. The highest BCUT2D eigenvalue weighted by Crippen LogP contribution is 2.39. The number of aryl methyl sites for hydroxylation is 2. The van der Waals surface area contributed by atoms with Crippen LogP contribution in [0.25, 0.3) is 21.7 Å². The van der Waals surface area contributed by atoms with Gasteiger partial charge in [-0.1, -0.05) is 23.7 Å². The van der Waals surface area contributed by atoms with E-state index in [0.717, 1.165) is 40.1 Å². The second kappa shape index (κ2) is 8.20. The molecule has 0 spiro atoms. The zero-order chi connectivity index (χ0) is 20.5. The zero-order valence-electron chi connectivity index (χ0n) is 16.6. The Hall–Kier alpha value is -2.70. The van der Waals surface area contributed by atoms with Crippen LogP contribution in [0.5, 0.6) is 5.75 Å². The van der Waals surface area contributed by atoms with Gasteiger partial charge in [-0.3, -0.25) is 4.98 Å². The molecule has 0 radical (unpaired) electrons. The molecule has 1 aliphatic rings. The topological polar surface area (TPSA) is 59.9 Å². The van der Waals surface area contributed by atoms with Crippen molar-refractivity contribution >= 4 is 39.0 Å². The fourth-order valence-corrected chi connectivity index (χ4v) is 5.44. The van der Waals surface area contributed by atoms with Crippen molar-refractivity contribution in [2.24, 2.45) is 0 Å². The molecule has 3 heterocycles. The summed E-state index contributed by atoms with van der Waals surface area (Å²) in [5.41, 5.74) is 3.25. The molecule has 0 fully saturated rings. The summed E-state index contributed by atoms with van der Waals surface area (Å²) in [5.74, 6) is 2.19. The number of benzene rings is 1. The van der Waals surface area contributed by atoms with Gasteiger partial charge in [0.15, 0.2) is 5.82 Å². The summed E-state index contributed by atoms with van der Waals surface area (Å²) in [6.07, 6.45) is 6.45. The van der Waals surface area contributed by atoms with Gasteiger partial charge in [-0.05, 0) is 61.1 Å². The molecule has 0 unspecified atom stereocenters. The lowest BCUT2D eigenvalue weighted by Gasteiger charge is -2.14. The van der Waals surface area contributed by atoms with Gasteiger partial charge < -0.3 is 10.1 Å². The van der Waals surface area contributed by atoms with Crippen LogP contribution in [-0.4, -0.2) is 22.1 Å². The molecule has 1 aromatic carbocycles. The van der Waals surface area contributed by atoms with Gasteiger partial charge in [0.25, 0.3) is 0 Å². The van der Waals surface area contributed by atoms with E-state index in [0.29, 0.717) is 23.1 Å². The lowest BCUT2D eigenvalue weighted by Crippen LogP contribution is -2.06. The first-order chi connectivity index (χ1) is 14.7. The van der Waals surface area contributed by atoms with Crippen molar-refractivity contribution < 1.29 is 4.74 Å². The number of rotatable bonds is 5. The highest BCUT2D eigenvalue weighted by Gasteiger charge is 2.21. The molecule has 4 aromatic rings. The van der Waals surface area contributed by atoms with Crippen molar-refractivity contribution in [3.8, 4) is 17.3 Å². The van der Waals surface area contributed by atoms with Crippen LogP contribution in [0.15, 0.2) is 42.6 Å². The Kier molecular flexibility index (Phi) is 5.27. The number of hydrogen-bond acceptors (Lipinski definition) is 6. The largest absolute Gasteiger partial charge is 0.495 e. The van der Waals surface area contributed by atoms with E-state index < -0.39 is 0 Å². The molecule has 3 aromatic heterocycles. The number of hydrogen-bond donors (Lipinski definition) is 1. The number of fused-ring (bicyclic) bond motifs is 3. The first-order valence-corrected chi connectivity index (χ1v) is 11.2. The molecule has 0 amide bonds. The predicted octanol–water partition coefficient (Wildman–Crippen LogP) is 5.91. The average Bonchev–Trinajstić information content (AvgIpc) is 3.17. The van der Waals surface area contributed by atoms with Gasteiger partial charge in [-0.2, -0.15) is 0 Å². The molecule has 0 bridgehead atoms. The number of nitrogens with one attached hydrogen (secondary N) is 1. The molecule has 5 rings (SSSR count). The maximum Gasteiger partial charge on any atom is 0.181 e. The fraction of sp³-hybridized carbons (Fsp3) is 0.261. The molecular weight excluding hydrogens is 416 g/mol. The minimum atomic E-state index is 0.603. The van der Waals surface area contributed by atoms with Crippen molar-refractivity contribution in [3.05, 3.63) is 63.6 Å². The lowest BCUT2D eigenvalue weighted by atomic mass is 9.97. The van der Waals surface area contributed by atoms with E-state index in [4.69, 9.17) is 26.3 Å². The molecular formula is C23H21ClN4OS. The number of pyridine rings is 1. The number of nitrogens with zero attached hydrogens (tertiary/aromatic N) is 3. The van der Waals surface area contributed by atoms with Crippen LogP contribution in [0.2, 0.25) is 5.02 Å². The third-order valence-corrected chi connectivity index (χ3v) is 6.87. The number of halogens is 1. The Morgan fingerprint density at radius 2 is 2.03 bits per heavy atom. The molecule has 0 atom stereocenters. The second-order valence-corrected chi connectivity index (χ2v) is 8.82. The normalized spacial score (nSPS) is 13.3. The van der Waals surface area contributed by atoms with Crippen LogP contribution in [0.3, 0.4) is 0 Å². The summed E-state index contributed by atoms with van der Waals surface area (Å²) in [7, 11) is 1.62. The third-order valence-electron chi connectivity index (χ3n) is 5.38. The van der Waals surface area contributed by atoms with Crippen LogP contribution in [-0.2, 0) is 19.4 Å². The van der Waals surface area contributed by atoms with Gasteiger partial charge in [0.05, 0.1) is 17.5 Å². The Balaban J connectivity index is 1.56. The van der Waals surface area contributed by atoms with E-state index in [-0.39, 0.29) is 0 Å². The minimum Gasteiger partial charge on any atom is -0.495 e. The molecule has 152 valence electrons. The second-order valence-electron chi connectivity index (χ2n) is 7.32. The summed E-state index contributed by atoms with van der Waals surface area (Å²) < 4.78 is 5.26. The molecule has 1 N–H and O–H groups in total. The summed E-state index contributed by atoms with van der Waals surface area (Å²) in [5, 5.41) is 5.31. The minimum absolute atomic E-state index is 0.603. The number of ether oxygens (including phenoxy) is 1. The maximum atomic E-state index is 6.30. The van der Waals surface area contributed by atoms with Crippen LogP contribution < -0.4 is 10.1 Å². The van der Waals surface area contributed by atoms with Crippen molar-refractivity contribution in [1.82, 2.24) is 15.0 Å². The van der Waals surface area contributed by atoms with Crippen LogP contribution in [0.1, 0.15) is 28.8 Å². The average molecular weight is 437 g/mol. The Labute approximate surface area is 184 Å². The Morgan fingerprint density at radius 1 is 1.13 bits per heavy atom. The first kappa shape index (κ1) is 19.3. The van der Waals surface area contributed by atoms with E-state index in [1.165, 1.54) is 23.3 Å². The SMILES string of the molecule is COc1ccc(CNc2nc(-c3ccccn3)nc3sc4c(c23)CCCC4)cc1Cl. The van der Waals surface area contributed by atoms with Crippen molar-refractivity contribution in [1.29, 1.82) is 0 Å². The highest BCUT2D eigenvalue weighted by molar-refractivity contribution is 7.19. The summed E-state index contributed by atoms with van der Waals surface area (Å²) >= 11 is 8.10. The summed E-state index contributed by atoms with van der Waals surface area (Å²) in [6, 6.07) is 11.6. The van der Waals surface area contributed by atoms with Crippen LogP contribution >= 0.6 is 22.9 Å². The monoisotopic (exact) mass is 436 g/mol. The molecule has 0 aliphatic heterocycles. The van der Waals surface area contributed by atoms with Crippen LogP contribution in [0.4, 0.5) is 5.82 Å². The van der Waals surface area contributed by atoms with Gasteiger partial charge in [0.2, 0.25) is 0 Å². The summed E-state index contributed by atoms with van der Waals surface area (Å²) in [4.78, 5) is 16.7. The first-order valence-electron chi connectivity index (χ1n) is 10.0. The molecule has 7 heteroatoms. The maximum absolute atomic E-state index is 6.30. The third kappa shape index (κ3) is 3.61. The van der Waals surface area contributed by atoms with E-state index in [9.17, 15) is 0 Å². The van der Waals surface area contributed by atoms with Crippen molar-refractivity contribution in [2.75, 3.05) is 12.4 Å². The van der Waals surface area contributed by atoms with E-state index in [1.54, 1.807) is 24.6 Å². The lowest BCUT2D eigenvalue weighted by molar-refractivity contribution is 0.415. The van der Waals surface area contributed by atoms with Crippen LogP contribution in [0, 0.1) is 0 Å². The van der Waals surface area contributed by atoms with Crippen molar-refractivity contribution in [2.45, 2.75) is 32.2 Å². The Bertz CT molecular complexity index is 1210. The van der Waals surface area contributed by atoms with Gasteiger partial charge in [-0.25, -0.2) is 9.97 Å². The number of thiophene rings is 1. The molecule has 1 aliphatic carbocycles. The number of aromatic nitrogens is 3. The van der Waals surface area contributed by atoms with Gasteiger partial charge in [-0.15, -0.1) is 11.3 Å². The number of methoxy groups -OCH3 is 1. The van der Waals surface area contributed by atoms with E-state index in [1.807, 2.05) is 36.4 Å². The highest BCUT2D eigenvalue weighted by atomic mass is 35.5. The van der Waals surface area contributed by atoms with Gasteiger partial charge >= 0.3 is 0 Å². The standard InChI is InChI=1S/C23H21ClN4OS/c1-29-18-10-9-14(12-16(18)24)13-26-22-20-15-6-2-3-8-19(15)30-23(20)28-21(27-22)17-7-4-5-11-25-17/h4-5,7,9-12H,2-3,6,8,13H2,1H3,(H,26,27,28). The zero-order valence-corrected chi connectivity index (χ0v) is 18.2. The van der Waals surface area contributed by atoms with E-state index >= 15 is 0 Å². The molecule has 0 saturated heterocycles. The smallest absolute Gasteiger partial charge is 0.181 e. The van der Waals surface area contributed by atoms with Crippen molar-refractivity contribution in [3.63, 3.8) is 0 Å². The predicted molar refractivity (Wildman–Crippen MR) is 123 cm³/mol. The number of anilines is 1. The molecule has 30 heavy (non-hydrogen) atoms.